The van der Waals surface area contributed by atoms with Gasteiger partial charge in [-0.05, 0) is 81.7 Å². The summed E-state index contributed by atoms with van der Waals surface area (Å²) in [6.45, 7) is 7.24. The summed E-state index contributed by atoms with van der Waals surface area (Å²) in [4.78, 5) is 22.4. The van der Waals surface area contributed by atoms with Gasteiger partial charge in [-0.25, -0.2) is 9.78 Å². The van der Waals surface area contributed by atoms with Gasteiger partial charge < -0.3 is 30.6 Å². The Bertz CT molecular complexity index is 1430. The summed E-state index contributed by atoms with van der Waals surface area (Å²) in [7, 11) is -2.47. The number of rotatable bonds is 7. The van der Waals surface area contributed by atoms with Crippen LogP contribution in [0.1, 0.15) is 31.2 Å². The molecule has 1 saturated carbocycles. The maximum Gasteiger partial charge on any atom is 0.404 e. The molecular formula is C28H34ClN6O3P. The van der Waals surface area contributed by atoms with Gasteiger partial charge in [0.25, 0.3) is 0 Å². The first-order chi connectivity index (χ1) is 18.5. The fourth-order valence-electron chi connectivity index (χ4n) is 5.56. The number of carbonyl (C=O) groups excluding carboxylic acids is 1. The van der Waals surface area contributed by atoms with Crippen LogP contribution in [-0.2, 0) is 9.30 Å². The van der Waals surface area contributed by atoms with E-state index in [0.717, 1.165) is 66.7 Å². The molecule has 206 valence electrons. The van der Waals surface area contributed by atoms with Crippen molar-refractivity contribution in [3.63, 3.8) is 0 Å². The molecule has 3 aromatic rings. The average Bonchev–Trinajstić information content (AvgIpc) is 2.85. The molecule has 0 atom stereocenters. The third-order valence-electron chi connectivity index (χ3n) is 7.68. The quantitative estimate of drug-likeness (QED) is 0.296. The summed E-state index contributed by atoms with van der Waals surface area (Å²) in [6, 6.07) is 13.5. The van der Waals surface area contributed by atoms with Gasteiger partial charge in [0.05, 0.1) is 16.4 Å². The summed E-state index contributed by atoms with van der Waals surface area (Å²) < 4.78 is 17.9. The van der Waals surface area contributed by atoms with Crippen LogP contribution in [0.3, 0.4) is 0 Å². The molecule has 39 heavy (non-hydrogen) atoms. The van der Waals surface area contributed by atoms with E-state index in [9.17, 15) is 9.36 Å². The standard InChI is InChI=1S/C28H34ClN6O3P/c1-18-17-31-27(34-25(18)33-22-6-4-5-7-24(22)39(2,3)37)32-19-8-9-23(21(29)14-19)35-12-10-28(11-13-35)15-20(16-28)38-26(30)36/h4-9,14,17,20H,10-13,15-16H2,1-3H3,(H2,30,36)(H2,31,32,33,34). The molecule has 2 aromatic carbocycles. The van der Waals surface area contributed by atoms with E-state index in [0.29, 0.717) is 16.8 Å². The Kier molecular flexibility index (Phi) is 7.49. The van der Waals surface area contributed by atoms with Crippen molar-refractivity contribution in [2.24, 2.45) is 11.1 Å². The van der Waals surface area contributed by atoms with Crippen molar-refractivity contribution in [2.75, 3.05) is 42.0 Å². The first kappa shape index (κ1) is 27.3. The Labute approximate surface area is 233 Å². The molecule has 0 bridgehead atoms. The number of benzene rings is 2. The van der Waals surface area contributed by atoms with E-state index in [-0.39, 0.29) is 11.5 Å². The smallest absolute Gasteiger partial charge is 0.404 e. The number of anilines is 5. The van der Waals surface area contributed by atoms with Crippen molar-refractivity contribution < 1.29 is 14.1 Å². The highest BCUT2D eigenvalue weighted by Gasteiger charge is 2.47. The molecule has 1 aliphatic carbocycles. The summed E-state index contributed by atoms with van der Waals surface area (Å²) in [5.41, 5.74) is 8.81. The van der Waals surface area contributed by atoms with E-state index in [1.54, 1.807) is 19.5 Å². The van der Waals surface area contributed by atoms with E-state index in [2.05, 4.69) is 25.5 Å². The van der Waals surface area contributed by atoms with Crippen molar-refractivity contribution in [1.82, 2.24) is 9.97 Å². The van der Waals surface area contributed by atoms with Gasteiger partial charge in [0.1, 0.15) is 19.1 Å². The predicted octanol–water partition coefficient (Wildman–Crippen LogP) is 6.02. The van der Waals surface area contributed by atoms with Crippen LogP contribution in [0.25, 0.3) is 0 Å². The number of para-hydroxylation sites is 1. The van der Waals surface area contributed by atoms with Gasteiger partial charge >= 0.3 is 6.09 Å². The van der Waals surface area contributed by atoms with E-state index in [1.807, 2.05) is 49.4 Å². The topological polar surface area (TPSA) is 122 Å². The number of nitrogens with two attached hydrogens (primary N) is 1. The second kappa shape index (κ2) is 10.7. The lowest BCUT2D eigenvalue weighted by atomic mass is 9.61. The van der Waals surface area contributed by atoms with Crippen LogP contribution in [-0.4, -0.2) is 48.6 Å². The molecule has 1 aliphatic heterocycles. The van der Waals surface area contributed by atoms with E-state index >= 15 is 0 Å². The van der Waals surface area contributed by atoms with Gasteiger partial charge in [-0.3, -0.25) is 0 Å². The Hall–Kier alpha value is -3.29. The zero-order valence-corrected chi connectivity index (χ0v) is 24.1. The number of hydrogen-bond donors (Lipinski definition) is 3. The lowest BCUT2D eigenvalue weighted by Crippen LogP contribution is -2.50. The van der Waals surface area contributed by atoms with E-state index < -0.39 is 13.2 Å². The first-order valence-electron chi connectivity index (χ1n) is 13.0. The zero-order chi connectivity index (χ0) is 27.8. The van der Waals surface area contributed by atoms with Crippen molar-refractivity contribution in [1.29, 1.82) is 0 Å². The number of primary amides is 1. The molecule has 5 rings (SSSR count). The van der Waals surface area contributed by atoms with Crippen molar-refractivity contribution in [2.45, 2.75) is 38.7 Å². The SMILES string of the molecule is Cc1cnc(Nc2ccc(N3CCC4(CC3)CC(OC(N)=O)C4)c(Cl)c2)nc1Nc1ccccc1P(C)(C)=O. The van der Waals surface area contributed by atoms with Crippen molar-refractivity contribution >= 4 is 59.0 Å². The van der Waals surface area contributed by atoms with Crippen LogP contribution in [0.4, 0.5) is 33.6 Å². The van der Waals surface area contributed by atoms with E-state index in [1.165, 1.54) is 0 Å². The molecule has 11 heteroatoms. The van der Waals surface area contributed by atoms with Crippen LogP contribution in [0.5, 0.6) is 0 Å². The number of carbonyl (C=O) groups is 1. The summed E-state index contributed by atoms with van der Waals surface area (Å²) in [5, 5.41) is 8.02. The number of nitrogens with one attached hydrogen (secondary N) is 2. The molecule has 1 spiro atoms. The number of halogens is 1. The summed E-state index contributed by atoms with van der Waals surface area (Å²) >= 11 is 6.72. The molecule has 2 aliphatic rings. The lowest BCUT2D eigenvalue weighted by Gasteiger charge is -2.51. The molecule has 4 N–H and O–H groups in total. The number of nitrogens with zero attached hydrogens (tertiary/aromatic N) is 3. The Morgan fingerprint density at radius 2 is 1.87 bits per heavy atom. The summed E-state index contributed by atoms with van der Waals surface area (Å²) in [6.07, 6.45) is 4.85. The minimum atomic E-state index is -2.47. The Balaban J connectivity index is 1.24. The van der Waals surface area contributed by atoms with Gasteiger partial charge in [-0.2, -0.15) is 4.98 Å². The normalized spacial score (nSPS) is 17.0. The molecular weight excluding hydrogens is 535 g/mol. The molecule has 1 aromatic heterocycles. The number of aryl methyl sites for hydroxylation is 1. The second-order valence-corrected chi connectivity index (χ2v) is 14.6. The van der Waals surface area contributed by atoms with Crippen LogP contribution in [0, 0.1) is 12.3 Å². The fourth-order valence-corrected chi connectivity index (χ4v) is 7.02. The van der Waals surface area contributed by atoms with Crippen LogP contribution in [0.15, 0.2) is 48.7 Å². The highest BCUT2D eigenvalue weighted by Crippen LogP contribution is 2.51. The predicted molar refractivity (Wildman–Crippen MR) is 158 cm³/mol. The van der Waals surface area contributed by atoms with Crippen molar-refractivity contribution in [3.05, 3.63) is 59.2 Å². The maximum atomic E-state index is 12.8. The molecule has 2 heterocycles. The number of piperidine rings is 1. The van der Waals surface area contributed by atoms with Gasteiger partial charge in [-0.1, -0.05) is 23.7 Å². The highest BCUT2D eigenvalue weighted by atomic mass is 35.5. The largest absolute Gasteiger partial charge is 0.446 e. The Morgan fingerprint density at radius 1 is 1.15 bits per heavy atom. The monoisotopic (exact) mass is 568 g/mol. The third kappa shape index (κ3) is 6.15. The minimum absolute atomic E-state index is 0.0440. The first-order valence-corrected chi connectivity index (χ1v) is 16.0. The molecule has 0 radical (unpaired) electrons. The molecule has 1 amide bonds. The second-order valence-electron chi connectivity index (χ2n) is 11.0. The number of ether oxygens (including phenoxy) is 1. The van der Waals surface area contributed by atoms with Gasteiger partial charge in [-0.15, -0.1) is 0 Å². The van der Waals surface area contributed by atoms with Crippen LogP contribution in [0.2, 0.25) is 5.02 Å². The third-order valence-corrected chi connectivity index (χ3v) is 9.53. The maximum absolute atomic E-state index is 12.8. The van der Waals surface area contributed by atoms with Crippen molar-refractivity contribution in [3.8, 4) is 0 Å². The molecule has 0 unspecified atom stereocenters. The molecule has 2 fully saturated rings. The highest BCUT2D eigenvalue weighted by molar-refractivity contribution is 7.70. The van der Waals surface area contributed by atoms with Gasteiger partial charge in [0, 0.05) is 35.8 Å². The van der Waals surface area contributed by atoms with E-state index in [4.69, 9.17) is 22.1 Å². The number of hydrogen-bond acceptors (Lipinski definition) is 8. The van der Waals surface area contributed by atoms with Gasteiger partial charge in [0.2, 0.25) is 5.95 Å². The molecule has 1 saturated heterocycles. The number of aromatic nitrogens is 2. The lowest BCUT2D eigenvalue weighted by molar-refractivity contribution is -0.0521. The van der Waals surface area contributed by atoms with Crippen LogP contribution >= 0.6 is 18.7 Å². The molecule has 9 nitrogen and oxygen atoms in total. The zero-order valence-electron chi connectivity index (χ0n) is 22.4. The summed E-state index contributed by atoms with van der Waals surface area (Å²) in [5.74, 6) is 1.07. The number of amides is 1. The Morgan fingerprint density at radius 3 is 2.54 bits per heavy atom. The van der Waals surface area contributed by atoms with Gasteiger partial charge in [0.15, 0.2) is 0 Å². The minimum Gasteiger partial charge on any atom is -0.446 e. The average molecular weight is 569 g/mol. The fraction of sp³-hybridized carbons (Fsp3) is 0.393. The van der Waals surface area contributed by atoms with Crippen LogP contribution < -0.4 is 26.6 Å².